The molecule has 0 bridgehead atoms. The van der Waals surface area contributed by atoms with E-state index in [4.69, 9.17) is 5.73 Å². The molecule has 0 radical (unpaired) electrons. The van der Waals surface area contributed by atoms with Gasteiger partial charge >= 0.3 is 0 Å². The number of nitrogens with one attached hydrogen (secondary N) is 2. The van der Waals surface area contributed by atoms with E-state index in [1.165, 1.54) is 28.8 Å². The molecule has 0 fully saturated rings. The highest BCUT2D eigenvalue weighted by Gasteiger charge is 2.60. The van der Waals surface area contributed by atoms with Gasteiger partial charge in [0, 0.05) is 11.3 Å². The van der Waals surface area contributed by atoms with Crippen LogP contribution in [0.4, 0.5) is 15.9 Å². The minimum atomic E-state index is -1.78. The Labute approximate surface area is 191 Å². The molecule has 33 heavy (non-hydrogen) atoms. The third-order valence-corrected chi connectivity index (χ3v) is 6.45. The van der Waals surface area contributed by atoms with Crippen LogP contribution in [0.25, 0.3) is 0 Å². The predicted molar refractivity (Wildman–Crippen MR) is 122 cm³/mol. The first-order valence-corrected chi connectivity index (χ1v) is 11.2. The first-order chi connectivity index (χ1) is 15.9. The fourth-order valence-corrected chi connectivity index (χ4v) is 4.94. The number of carbonyl (C=O) groups excluding carboxylic acids is 1. The van der Waals surface area contributed by atoms with Crippen LogP contribution in [-0.4, -0.2) is 22.1 Å². The number of aromatic amines is 1. The second-order valence-corrected chi connectivity index (χ2v) is 8.41. The van der Waals surface area contributed by atoms with Crippen molar-refractivity contribution in [2.24, 2.45) is 5.73 Å². The van der Waals surface area contributed by atoms with Crippen LogP contribution in [-0.2, 0) is 16.8 Å². The van der Waals surface area contributed by atoms with Crippen molar-refractivity contribution in [3.63, 3.8) is 0 Å². The zero-order chi connectivity index (χ0) is 23.3. The third kappa shape index (κ3) is 2.86. The second-order valence-electron chi connectivity index (χ2n) is 7.61. The summed E-state index contributed by atoms with van der Waals surface area (Å²) in [6.07, 6.45) is 1.75. The molecule has 8 nitrogen and oxygen atoms in total. The lowest BCUT2D eigenvalue weighted by molar-refractivity contribution is -0.120. The van der Waals surface area contributed by atoms with Crippen molar-refractivity contribution in [3.05, 3.63) is 92.8 Å². The van der Waals surface area contributed by atoms with Crippen molar-refractivity contribution in [1.82, 2.24) is 9.97 Å². The number of hydrogen-bond acceptors (Lipinski definition) is 7. The van der Waals surface area contributed by atoms with E-state index in [9.17, 15) is 19.2 Å². The molecule has 2 aromatic carbocycles. The zero-order valence-electron chi connectivity index (χ0n) is 17.3. The summed E-state index contributed by atoms with van der Waals surface area (Å²) in [7, 11) is 0. The van der Waals surface area contributed by atoms with Crippen molar-refractivity contribution < 1.29 is 9.18 Å². The second kappa shape index (κ2) is 7.50. The smallest absolute Gasteiger partial charge is 0.258 e. The van der Waals surface area contributed by atoms with Crippen molar-refractivity contribution in [3.8, 4) is 6.07 Å². The van der Waals surface area contributed by atoms with Crippen LogP contribution in [0.15, 0.2) is 69.9 Å². The minimum absolute atomic E-state index is 0.00485. The average Bonchev–Trinajstić information content (AvgIpc) is 3.02. The van der Waals surface area contributed by atoms with E-state index in [2.05, 4.69) is 15.3 Å². The highest BCUT2D eigenvalue weighted by atomic mass is 32.2. The average molecular weight is 460 g/mol. The summed E-state index contributed by atoms with van der Waals surface area (Å²) in [5.74, 6) is -0.887. The van der Waals surface area contributed by atoms with E-state index in [1.54, 1.807) is 42.7 Å². The lowest BCUT2D eigenvalue weighted by Gasteiger charge is -2.34. The number of aromatic nitrogens is 2. The maximum Gasteiger partial charge on any atom is 0.258 e. The molecule has 3 aromatic rings. The molecule has 164 valence electrons. The molecule has 1 spiro atoms. The van der Waals surface area contributed by atoms with Crippen LogP contribution in [0.1, 0.15) is 16.7 Å². The molecule has 0 unspecified atom stereocenters. The zero-order valence-corrected chi connectivity index (χ0v) is 18.2. The number of benzene rings is 2. The molecule has 1 aromatic heterocycles. The normalized spacial score (nSPS) is 18.7. The Morgan fingerprint density at radius 2 is 2.03 bits per heavy atom. The standard InChI is InChI=1S/C23H17FN6O2S/c1-33-22-28-19-17(20(31)29-22)23(15(10-25)18(26)27-19)14-7-2-3-8-16(14)30(21(23)32)11-12-5-4-6-13(24)9-12/h2-9H,11,26H2,1H3,(H2,27,28,29,31)/t23-/m1/s1. The van der Waals surface area contributed by atoms with E-state index < -0.39 is 22.7 Å². The molecular formula is C23H17FN6O2S. The first kappa shape index (κ1) is 20.8. The van der Waals surface area contributed by atoms with Crippen LogP contribution in [0.3, 0.4) is 0 Å². The lowest BCUT2D eigenvalue weighted by atomic mass is 9.69. The van der Waals surface area contributed by atoms with E-state index in [0.29, 0.717) is 22.0 Å². The highest BCUT2D eigenvalue weighted by Crippen LogP contribution is 2.53. The number of para-hydroxylation sites is 1. The number of fused-ring (bicyclic) bond motifs is 4. The number of amides is 1. The quantitative estimate of drug-likeness (QED) is 0.405. The number of nitriles is 1. The molecule has 10 heteroatoms. The molecule has 0 saturated carbocycles. The van der Waals surface area contributed by atoms with Gasteiger partial charge in [-0.15, -0.1) is 0 Å². The molecule has 1 amide bonds. The number of halogens is 1. The van der Waals surface area contributed by atoms with Gasteiger partial charge < -0.3 is 20.9 Å². The topological polar surface area (TPSA) is 128 Å². The number of H-pyrrole nitrogens is 1. The van der Waals surface area contributed by atoms with E-state index in [0.717, 1.165) is 0 Å². The maximum absolute atomic E-state index is 14.2. The van der Waals surface area contributed by atoms with Crippen molar-refractivity contribution >= 4 is 29.2 Å². The third-order valence-electron chi connectivity index (χ3n) is 5.87. The van der Waals surface area contributed by atoms with Crippen LogP contribution in [0.2, 0.25) is 0 Å². The van der Waals surface area contributed by atoms with Gasteiger partial charge in [0.1, 0.15) is 28.9 Å². The fraction of sp³-hybridized carbons (Fsp3) is 0.130. The summed E-state index contributed by atoms with van der Waals surface area (Å²) in [5, 5.41) is 13.2. The summed E-state index contributed by atoms with van der Waals surface area (Å²) >= 11 is 1.23. The van der Waals surface area contributed by atoms with Gasteiger partial charge in [0.2, 0.25) is 5.91 Å². The van der Waals surface area contributed by atoms with E-state index in [-0.39, 0.29) is 29.3 Å². The molecule has 4 N–H and O–H groups in total. The number of hydrogen-bond donors (Lipinski definition) is 3. The lowest BCUT2D eigenvalue weighted by Crippen LogP contribution is -2.49. The number of nitrogens with zero attached hydrogens (tertiary/aromatic N) is 3. The summed E-state index contributed by atoms with van der Waals surface area (Å²) in [6, 6.07) is 14.9. The molecule has 0 saturated heterocycles. The van der Waals surface area contributed by atoms with E-state index in [1.807, 2.05) is 6.07 Å². The Morgan fingerprint density at radius 1 is 1.24 bits per heavy atom. The summed E-state index contributed by atoms with van der Waals surface area (Å²) in [6.45, 7) is 0.0466. The van der Waals surface area contributed by atoms with Crippen LogP contribution < -0.4 is 21.5 Å². The molecule has 0 aliphatic carbocycles. The fourth-order valence-electron chi connectivity index (χ4n) is 4.56. The van der Waals surface area contributed by atoms with Gasteiger partial charge in [0.05, 0.1) is 17.7 Å². The molecule has 1 atom stereocenters. The SMILES string of the molecule is CSc1nc2c(c(=O)[nH]1)[C@]1(C(=O)N(Cc3cccc(F)c3)c3ccccc31)C(C#N)=C(N)N2. The summed E-state index contributed by atoms with van der Waals surface area (Å²) < 4.78 is 13.8. The first-order valence-electron chi connectivity index (χ1n) is 9.93. The highest BCUT2D eigenvalue weighted by molar-refractivity contribution is 7.98. The summed E-state index contributed by atoms with van der Waals surface area (Å²) in [4.78, 5) is 36.0. The van der Waals surface area contributed by atoms with Gasteiger partial charge in [-0.3, -0.25) is 9.59 Å². The van der Waals surface area contributed by atoms with Gasteiger partial charge in [-0.05, 0) is 30.0 Å². The van der Waals surface area contributed by atoms with Gasteiger partial charge in [-0.25, -0.2) is 9.37 Å². The number of thioether (sulfide) groups is 1. The Kier molecular flexibility index (Phi) is 4.72. The molecule has 3 heterocycles. The van der Waals surface area contributed by atoms with Crippen molar-refractivity contribution in [2.45, 2.75) is 17.1 Å². The number of nitrogens with two attached hydrogens (primary N) is 1. The van der Waals surface area contributed by atoms with Crippen molar-refractivity contribution in [2.75, 3.05) is 16.5 Å². The van der Waals surface area contributed by atoms with Gasteiger partial charge in [-0.1, -0.05) is 42.1 Å². The Balaban J connectivity index is 1.81. The van der Waals surface area contributed by atoms with Gasteiger partial charge in [-0.2, -0.15) is 5.26 Å². The van der Waals surface area contributed by atoms with E-state index >= 15 is 0 Å². The minimum Gasteiger partial charge on any atom is -0.384 e. The number of carbonyl (C=O) groups is 1. The molecule has 2 aliphatic rings. The predicted octanol–water partition coefficient (Wildman–Crippen LogP) is 2.58. The number of anilines is 2. The van der Waals surface area contributed by atoms with Gasteiger partial charge in [0.25, 0.3) is 5.56 Å². The number of rotatable bonds is 3. The van der Waals surface area contributed by atoms with Crippen LogP contribution in [0, 0.1) is 17.1 Å². The van der Waals surface area contributed by atoms with Gasteiger partial charge in [0.15, 0.2) is 5.16 Å². The molecular weight excluding hydrogens is 443 g/mol. The Hall–Kier alpha value is -4.10. The van der Waals surface area contributed by atoms with Crippen LogP contribution in [0.5, 0.6) is 0 Å². The largest absolute Gasteiger partial charge is 0.384 e. The van der Waals surface area contributed by atoms with Crippen molar-refractivity contribution in [1.29, 1.82) is 5.26 Å². The monoisotopic (exact) mass is 460 g/mol. The molecule has 2 aliphatic heterocycles. The Bertz CT molecular complexity index is 1460. The summed E-state index contributed by atoms with van der Waals surface area (Å²) in [5.41, 5.74) is 5.31. The Morgan fingerprint density at radius 3 is 2.76 bits per heavy atom. The maximum atomic E-state index is 14.2. The molecule has 5 rings (SSSR count). The van der Waals surface area contributed by atoms with Crippen LogP contribution >= 0.6 is 11.8 Å².